The zero-order valence-electron chi connectivity index (χ0n) is 17.3. The Morgan fingerprint density at radius 3 is 2.97 bits per heavy atom. The molecule has 0 spiro atoms. The first kappa shape index (κ1) is 20.5. The maximum atomic E-state index is 5.14. The van der Waals surface area contributed by atoms with E-state index in [4.69, 9.17) is 14.7 Å². The highest BCUT2D eigenvalue weighted by Gasteiger charge is 2.22. The summed E-state index contributed by atoms with van der Waals surface area (Å²) in [6.07, 6.45) is 1.88. The molecule has 0 bridgehead atoms. The maximum Gasteiger partial charge on any atom is 0.191 e. The van der Waals surface area contributed by atoms with Crippen molar-refractivity contribution in [3.05, 3.63) is 52.4 Å². The van der Waals surface area contributed by atoms with Crippen molar-refractivity contribution < 1.29 is 4.74 Å². The van der Waals surface area contributed by atoms with Crippen molar-refractivity contribution >= 4 is 17.3 Å². The van der Waals surface area contributed by atoms with Crippen LogP contribution in [0.1, 0.15) is 30.0 Å². The number of hydrogen-bond donors (Lipinski definition) is 2. The number of aryl methyl sites for hydroxylation is 1. The molecule has 1 unspecified atom stereocenters. The van der Waals surface area contributed by atoms with Gasteiger partial charge in [0.15, 0.2) is 11.8 Å². The first-order chi connectivity index (χ1) is 14.7. The van der Waals surface area contributed by atoms with Gasteiger partial charge in [-0.2, -0.15) is 5.10 Å². The van der Waals surface area contributed by atoms with Gasteiger partial charge >= 0.3 is 0 Å². The molecule has 158 valence electrons. The molecule has 0 amide bonds. The van der Waals surface area contributed by atoms with Crippen molar-refractivity contribution in [2.75, 3.05) is 13.7 Å². The van der Waals surface area contributed by atoms with Crippen LogP contribution in [-0.4, -0.2) is 45.4 Å². The summed E-state index contributed by atoms with van der Waals surface area (Å²) in [4.78, 5) is 14.0. The molecule has 0 fully saturated rings. The Morgan fingerprint density at radius 1 is 1.30 bits per heavy atom. The lowest BCUT2D eigenvalue weighted by atomic mass is 10.1. The molecular formula is C21H27N7OS. The van der Waals surface area contributed by atoms with E-state index in [-0.39, 0.29) is 6.04 Å². The lowest BCUT2D eigenvalue weighted by Crippen LogP contribution is -2.47. The number of aromatic nitrogens is 4. The average Bonchev–Trinajstić information content (AvgIpc) is 3.39. The van der Waals surface area contributed by atoms with Crippen molar-refractivity contribution in [3.63, 3.8) is 0 Å². The van der Waals surface area contributed by atoms with Crippen molar-refractivity contribution in [2.24, 2.45) is 4.99 Å². The van der Waals surface area contributed by atoms with Gasteiger partial charge in [0, 0.05) is 37.1 Å². The summed E-state index contributed by atoms with van der Waals surface area (Å²) in [5.41, 5.74) is 2.13. The van der Waals surface area contributed by atoms with Crippen molar-refractivity contribution in [1.82, 2.24) is 30.4 Å². The minimum absolute atomic E-state index is 0.253. The fourth-order valence-electron chi connectivity index (χ4n) is 3.45. The molecule has 2 N–H and O–H groups in total. The molecule has 1 aromatic carbocycles. The molecule has 9 heteroatoms. The van der Waals surface area contributed by atoms with E-state index in [2.05, 4.69) is 45.2 Å². The number of rotatable bonds is 7. The number of thiazole rings is 1. The van der Waals surface area contributed by atoms with Crippen LogP contribution in [0.5, 0.6) is 0 Å². The summed E-state index contributed by atoms with van der Waals surface area (Å²) < 4.78 is 7.12. The molecule has 3 aromatic rings. The molecule has 0 aliphatic carbocycles. The van der Waals surface area contributed by atoms with E-state index in [1.54, 1.807) is 18.4 Å². The molecule has 1 atom stereocenters. The Kier molecular flexibility index (Phi) is 6.70. The number of nitrogens with one attached hydrogen (secondary N) is 2. The van der Waals surface area contributed by atoms with Gasteiger partial charge in [0.2, 0.25) is 0 Å². The molecule has 1 aliphatic rings. The third-order valence-electron chi connectivity index (χ3n) is 4.85. The first-order valence-corrected chi connectivity index (χ1v) is 11.1. The normalized spacial score (nSPS) is 16.3. The number of ether oxygens (including phenoxy) is 1. The summed E-state index contributed by atoms with van der Waals surface area (Å²) in [7, 11) is 1.66. The Labute approximate surface area is 180 Å². The SMILES string of the molecule is CCNC(=NCc1nc(-c2ccccc2)cs1)NC1CCc2nc(COC)nn2C1. The van der Waals surface area contributed by atoms with Gasteiger partial charge in [0.25, 0.3) is 0 Å². The molecule has 4 rings (SSSR count). The highest BCUT2D eigenvalue weighted by atomic mass is 32.1. The minimum Gasteiger partial charge on any atom is -0.377 e. The number of guanidine groups is 1. The second-order valence-electron chi connectivity index (χ2n) is 7.13. The number of hydrogen-bond acceptors (Lipinski definition) is 6. The molecule has 30 heavy (non-hydrogen) atoms. The minimum atomic E-state index is 0.253. The van der Waals surface area contributed by atoms with Gasteiger partial charge in [-0.25, -0.2) is 19.6 Å². The second kappa shape index (κ2) is 9.82. The van der Waals surface area contributed by atoms with E-state index in [0.717, 1.165) is 59.8 Å². The monoisotopic (exact) mass is 425 g/mol. The Balaban J connectivity index is 1.39. The third-order valence-corrected chi connectivity index (χ3v) is 5.69. The Hall–Kier alpha value is -2.78. The Bertz CT molecular complexity index is 982. The molecular weight excluding hydrogens is 398 g/mol. The van der Waals surface area contributed by atoms with Gasteiger partial charge in [-0.3, -0.25) is 0 Å². The van der Waals surface area contributed by atoms with Gasteiger partial charge in [0.1, 0.15) is 17.4 Å². The summed E-state index contributed by atoms with van der Waals surface area (Å²) in [5, 5.41) is 14.5. The lowest BCUT2D eigenvalue weighted by molar-refractivity contribution is 0.177. The van der Waals surface area contributed by atoms with E-state index in [9.17, 15) is 0 Å². The van der Waals surface area contributed by atoms with Crippen LogP contribution in [0.15, 0.2) is 40.7 Å². The number of fused-ring (bicyclic) bond motifs is 1. The van der Waals surface area contributed by atoms with E-state index >= 15 is 0 Å². The zero-order valence-corrected chi connectivity index (χ0v) is 18.2. The predicted octanol–water partition coefficient (Wildman–Crippen LogP) is 2.62. The number of methoxy groups -OCH3 is 1. The van der Waals surface area contributed by atoms with Crippen molar-refractivity contribution in [1.29, 1.82) is 0 Å². The molecule has 3 heterocycles. The third kappa shape index (κ3) is 5.03. The van der Waals surface area contributed by atoms with Crippen molar-refractivity contribution in [2.45, 2.75) is 45.5 Å². The van der Waals surface area contributed by atoms with Crippen LogP contribution in [0, 0.1) is 0 Å². The van der Waals surface area contributed by atoms with Crippen LogP contribution in [0.2, 0.25) is 0 Å². The molecule has 0 radical (unpaired) electrons. The topological polar surface area (TPSA) is 89.2 Å². The highest BCUT2D eigenvalue weighted by Crippen LogP contribution is 2.22. The zero-order chi connectivity index (χ0) is 20.8. The summed E-state index contributed by atoms with van der Waals surface area (Å²) in [6, 6.07) is 10.5. The quantitative estimate of drug-likeness (QED) is 0.447. The van der Waals surface area contributed by atoms with Crippen LogP contribution in [0.3, 0.4) is 0 Å². The molecule has 0 saturated heterocycles. The molecule has 1 aliphatic heterocycles. The van der Waals surface area contributed by atoms with E-state index < -0.39 is 0 Å². The molecule has 8 nitrogen and oxygen atoms in total. The van der Waals surface area contributed by atoms with Gasteiger partial charge < -0.3 is 15.4 Å². The highest BCUT2D eigenvalue weighted by molar-refractivity contribution is 7.09. The predicted molar refractivity (Wildman–Crippen MR) is 118 cm³/mol. The van der Waals surface area contributed by atoms with E-state index in [1.165, 1.54) is 0 Å². The van der Waals surface area contributed by atoms with Gasteiger partial charge in [-0.1, -0.05) is 30.3 Å². The first-order valence-electron chi connectivity index (χ1n) is 10.2. The maximum absolute atomic E-state index is 5.14. The number of benzene rings is 1. The summed E-state index contributed by atoms with van der Waals surface area (Å²) >= 11 is 1.64. The van der Waals surface area contributed by atoms with Crippen LogP contribution >= 0.6 is 11.3 Å². The molecule has 0 saturated carbocycles. The smallest absolute Gasteiger partial charge is 0.191 e. The van der Waals surface area contributed by atoms with Crippen LogP contribution in [0.4, 0.5) is 0 Å². The second-order valence-corrected chi connectivity index (χ2v) is 8.07. The number of aliphatic imine (C=N–C) groups is 1. The fourth-order valence-corrected chi connectivity index (χ4v) is 4.18. The fraction of sp³-hybridized carbons (Fsp3) is 0.429. The van der Waals surface area contributed by atoms with Gasteiger partial charge in [0.05, 0.1) is 18.8 Å². The summed E-state index contributed by atoms with van der Waals surface area (Å²) in [6.45, 7) is 4.64. The van der Waals surface area contributed by atoms with Crippen LogP contribution in [0.25, 0.3) is 11.3 Å². The Morgan fingerprint density at radius 2 is 2.17 bits per heavy atom. The standard InChI is InChI=1S/C21H27N7OS/c1-3-22-21(23-11-20-25-17(14-30-20)15-7-5-4-6-8-15)24-16-9-10-19-26-18(13-29-2)27-28(19)12-16/h4-8,14,16H,3,9-13H2,1-2H3,(H2,22,23,24). The van der Waals surface area contributed by atoms with Gasteiger partial charge in [-0.05, 0) is 13.3 Å². The van der Waals surface area contributed by atoms with E-state index in [0.29, 0.717) is 13.2 Å². The van der Waals surface area contributed by atoms with Gasteiger partial charge in [-0.15, -0.1) is 11.3 Å². The average molecular weight is 426 g/mol. The largest absolute Gasteiger partial charge is 0.377 e. The lowest BCUT2D eigenvalue weighted by Gasteiger charge is -2.25. The van der Waals surface area contributed by atoms with Crippen molar-refractivity contribution in [3.8, 4) is 11.3 Å². The van der Waals surface area contributed by atoms with E-state index in [1.807, 2.05) is 22.9 Å². The molecule has 2 aromatic heterocycles. The van der Waals surface area contributed by atoms with Crippen LogP contribution in [-0.2, 0) is 30.9 Å². The van der Waals surface area contributed by atoms with Crippen LogP contribution < -0.4 is 10.6 Å². The summed E-state index contributed by atoms with van der Waals surface area (Å²) in [5.74, 6) is 2.57. The number of nitrogens with zero attached hydrogens (tertiary/aromatic N) is 5.